The van der Waals surface area contributed by atoms with Gasteiger partial charge >= 0.3 is 0 Å². The quantitative estimate of drug-likeness (QED) is 0.867. The van der Waals surface area contributed by atoms with Crippen molar-refractivity contribution in [3.05, 3.63) is 34.5 Å². The van der Waals surface area contributed by atoms with Crippen molar-refractivity contribution in [2.24, 2.45) is 0 Å². The van der Waals surface area contributed by atoms with E-state index in [2.05, 4.69) is 15.2 Å². The van der Waals surface area contributed by atoms with Crippen LogP contribution in [-0.2, 0) is 0 Å². The van der Waals surface area contributed by atoms with Gasteiger partial charge < -0.3 is 10.2 Å². The molecule has 2 aromatic rings. The Kier molecular flexibility index (Phi) is 4.86. The molecule has 1 saturated heterocycles. The van der Waals surface area contributed by atoms with E-state index in [1.165, 1.54) is 6.07 Å². The first-order valence-electron chi connectivity index (χ1n) is 6.48. The molecule has 1 fully saturated rings. The van der Waals surface area contributed by atoms with Gasteiger partial charge in [-0.3, -0.25) is 0 Å². The molecule has 0 radical (unpaired) electrons. The van der Waals surface area contributed by atoms with E-state index >= 15 is 0 Å². The van der Waals surface area contributed by atoms with Crippen molar-refractivity contribution in [3.63, 3.8) is 0 Å². The molecule has 1 aliphatic rings. The van der Waals surface area contributed by atoms with E-state index in [-0.39, 0.29) is 17.9 Å². The van der Waals surface area contributed by atoms with E-state index in [0.29, 0.717) is 21.8 Å². The Morgan fingerprint density at radius 3 is 2.57 bits per heavy atom. The summed E-state index contributed by atoms with van der Waals surface area (Å²) >= 11 is 6.34. The molecule has 0 aliphatic carbocycles. The van der Waals surface area contributed by atoms with E-state index in [0.717, 1.165) is 32.2 Å². The predicted octanol–water partition coefficient (Wildman–Crippen LogP) is 3.31. The molecule has 1 aromatic heterocycles. The maximum atomic E-state index is 13.9. The average Bonchev–Trinajstić information content (AvgIpc) is 2.42. The lowest BCUT2D eigenvalue weighted by atomic mass is 10.1. The second-order valence-electron chi connectivity index (χ2n) is 4.88. The van der Waals surface area contributed by atoms with E-state index in [9.17, 15) is 8.78 Å². The summed E-state index contributed by atoms with van der Waals surface area (Å²) in [6.07, 6.45) is 0. The smallest absolute Gasteiger partial charge is 0.152 e. The summed E-state index contributed by atoms with van der Waals surface area (Å²) in [5, 5.41) is 4.13. The van der Waals surface area contributed by atoms with Gasteiger partial charge in [-0.1, -0.05) is 11.6 Å². The highest BCUT2D eigenvalue weighted by Gasteiger charge is 2.21. The first kappa shape index (κ1) is 16.2. The lowest BCUT2D eigenvalue weighted by molar-refractivity contribution is 0.585. The first-order valence-corrected chi connectivity index (χ1v) is 6.86. The van der Waals surface area contributed by atoms with Crippen LogP contribution in [0.4, 0.5) is 14.5 Å². The number of aromatic nitrogens is 1. The maximum absolute atomic E-state index is 13.9. The van der Waals surface area contributed by atoms with Crippen molar-refractivity contribution in [2.45, 2.75) is 6.92 Å². The van der Waals surface area contributed by atoms with Gasteiger partial charge in [0.1, 0.15) is 11.3 Å². The SMILES string of the molecule is Cc1nc2c(F)cc(F)cc2c(N2CCNCC2)c1Cl.Cl. The highest BCUT2D eigenvalue weighted by atomic mass is 35.5. The molecule has 0 amide bonds. The number of anilines is 1. The molecule has 1 N–H and O–H groups in total. The molecular weight excluding hydrogens is 319 g/mol. The van der Waals surface area contributed by atoms with E-state index in [4.69, 9.17) is 11.6 Å². The van der Waals surface area contributed by atoms with E-state index in [1.54, 1.807) is 6.92 Å². The Labute approximate surface area is 132 Å². The fourth-order valence-corrected chi connectivity index (χ4v) is 2.83. The zero-order chi connectivity index (χ0) is 14.3. The number of nitrogens with zero attached hydrogens (tertiary/aromatic N) is 2. The van der Waals surface area contributed by atoms with Crippen molar-refractivity contribution >= 4 is 40.6 Å². The predicted molar refractivity (Wildman–Crippen MR) is 83.7 cm³/mol. The normalized spacial score (nSPS) is 15.1. The van der Waals surface area contributed by atoms with Crippen LogP contribution >= 0.6 is 24.0 Å². The highest BCUT2D eigenvalue weighted by molar-refractivity contribution is 6.35. The number of piperazine rings is 1. The van der Waals surface area contributed by atoms with Gasteiger partial charge in [0.15, 0.2) is 5.82 Å². The zero-order valence-corrected chi connectivity index (χ0v) is 13.0. The minimum Gasteiger partial charge on any atom is -0.367 e. The van der Waals surface area contributed by atoms with Crippen molar-refractivity contribution < 1.29 is 8.78 Å². The molecule has 0 unspecified atom stereocenters. The lowest BCUT2D eigenvalue weighted by Gasteiger charge is -2.31. The lowest BCUT2D eigenvalue weighted by Crippen LogP contribution is -2.43. The maximum Gasteiger partial charge on any atom is 0.152 e. The van der Waals surface area contributed by atoms with Gasteiger partial charge in [0.2, 0.25) is 0 Å². The van der Waals surface area contributed by atoms with Crippen LogP contribution in [0.25, 0.3) is 10.9 Å². The van der Waals surface area contributed by atoms with Gasteiger partial charge in [-0.2, -0.15) is 0 Å². The van der Waals surface area contributed by atoms with Crippen LogP contribution in [0.5, 0.6) is 0 Å². The summed E-state index contributed by atoms with van der Waals surface area (Å²) < 4.78 is 27.5. The van der Waals surface area contributed by atoms with Crippen LogP contribution < -0.4 is 10.2 Å². The Hall–Kier alpha value is -1.17. The molecule has 3 rings (SSSR count). The van der Waals surface area contributed by atoms with Gasteiger partial charge in [0, 0.05) is 37.6 Å². The van der Waals surface area contributed by atoms with Crippen LogP contribution in [0.1, 0.15) is 5.69 Å². The molecule has 2 heterocycles. The number of hydrogen-bond donors (Lipinski definition) is 1. The Balaban J connectivity index is 0.00000161. The standard InChI is InChI=1S/C14H14ClF2N3.ClH/c1-8-12(15)14(20-4-2-18-3-5-20)10-6-9(16)7-11(17)13(10)19-8;/h6-7,18H,2-5H2,1H3;1H. The highest BCUT2D eigenvalue weighted by Crippen LogP contribution is 2.36. The second-order valence-corrected chi connectivity index (χ2v) is 5.26. The summed E-state index contributed by atoms with van der Waals surface area (Å²) in [4.78, 5) is 6.21. The largest absolute Gasteiger partial charge is 0.367 e. The summed E-state index contributed by atoms with van der Waals surface area (Å²) in [6.45, 7) is 4.86. The Bertz CT molecular complexity index is 673. The van der Waals surface area contributed by atoms with Crippen LogP contribution in [0, 0.1) is 18.6 Å². The average molecular weight is 334 g/mol. The van der Waals surface area contributed by atoms with Gasteiger partial charge in [-0.05, 0) is 13.0 Å². The molecular formula is C14H15Cl2F2N3. The topological polar surface area (TPSA) is 28.2 Å². The molecule has 0 bridgehead atoms. The van der Waals surface area contributed by atoms with E-state index in [1.807, 2.05) is 0 Å². The Morgan fingerprint density at radius 1 is 1.24 bits per heavy atom. The molecule has 3 nitrogen and oxygen atoms in total. The minimum absolute atomic E-state index is 0. The monoisotopic (exact) mass is 333 g/mol. The molecule has 114 valence electrons. The number of pyridine rings is 1. The molecule has 1 aromatic carbocycles. The third kappa shape index (κ3) is 2.91. The number of aryl methyl sites for hydroxylation is 1. The van der Waals surface area contributed by atoms with Gasteiger partial charge in [-0.25, -0.2) is 13.8 Å². The first-order chi connectivity index (χ1) is 9.58. The second kappa shape index (κ2) is 6.30. The Morgan fingerprint density at radius 2 is 1.90 bits per heavy atom. The molecule has 0 atom stereocenters. The van der Waals surface area contributed by atoms with Gasteiger partial charge in [0.05, 0.1) is 16.4 Å². The fraction of sp³-hybridized carbons (Fsp3) is 0.357. The molecule has 0 saturated carbocycles. The minimum atomic E-state index is -0.656. The van der Waals surface area contributed by atoms with Gasteiger partial charge in [-0.15, -0.1) is 12.4 Å². The number of halogens is 4. The van der Waals surface area contributed by atoms with Crippen LogP contribution in [0.3, 0.4) is 0 Å². The summed E-state index contributed by atoms with van der Waals surface area (Å²) in [5.41, 5.74) is 1.40. The van der Waals surface area contributed by atoms with E-state index < -0.39 is 11.6 Å². The summed E-state index contributed by atoms with van der Waals surface area (Å²) in [7, 11) is 0. The van der Waals surface area contributed by atoms with Crippen molar-refractivity contribution in [1.82, 2.24) is 10.3 Å². The molecule has 7 heteroatoms. The fourth-order valence-electron chi connectivity index (χ4n) is 2.56. The van der Waals surface area contributed by atoms with Crippen molar-refractivity contribution in [3.8, 4) is 0 Å². The molecule has 1 aliphatic heterocycles. The van der Waals surface area contributed by atoms with Crippen molar-refractivity contribution in [1.29, 1.82) is 0 Å². The number of benzene rings is 1. The third-order valence-electron chi connectivity index (χ3n) is 3.52. The van der Waals surface area contributed by atoms with Gasteiger partial charge in [0.25, 0.3) is 0 Å². The third-order valence-corrected chi connectivity index (χ3v) is 3.97. The summed E-state index contributed by atoms with van der Waals surface area (Å²) in [6, 6.07) is 2.15. The number of hydrogen-bond acceptors (Lipinski definition) is 3. The molecule has 21 heavy (non-hydrogen) atoms. The number of nitrogens with one attached hydrogen (secondary N) is 1. The van der Waals surface area contributed by atoms with Crippen molar-refractivity contribution in [2.75, 3.05) is 31.1 Å². The zero-order valence-electron chi connectivity index (χ0n) is 11.4. The summed E-state index contributed by atoms with van der Waals surface area (Å²) in [5.74, 6) is -1.27. The molecule has 0 spiro atoms. The number of fused-ring (bicyclic) bond motifs is 1. The van der Waals surface area contributed by atoms with Crippen LogP contribution in [0.2, 0.25) is 5.02 Å². The van der Waals surface area contributed by atoms with Crippen LogP contribution in [-0.4, -0.2) is 31.2 Å². The number of rotatable bonds is 1. The van der Waals surface area contributed by atoms with Crippen LogP contribution in [0.15, 0.2) is 12.1 Å².